The Kier molecular flexibility index (Phi) is 183. The molecule has 0 aromatic heterocycles. The summed E-state index contributed by atoms with van der Waals surface area (Å²) in [6.07, 6.45) is 2.04. The quantitative estimate of drug-likeness (QED) is 0.762. The Morgan fingerprint density at radius 3 is 1.30 bits per heavy atom. The molecule has 0 aliphatic carbocycles. The van der Waals surface area contributed by atoms with Gasteiger partial charge in [-0.25, -0.2) is 0 Å². The second kappa shape index (κ2) is 44.8. The summed E-state index contributed by atoms with van der Waals surface area (Å²) >= 11 is 0. The molecule has 0 atom stereocenters. The van der Waals surface area contributed by atoms with Crippen LogP contribution in [0.15, 0.2) is 0 Å². The molecule has 0 bridgehead atoms. The van der Waals surface area contributed by atoms with E-state index in [1.165, 1.54) is 0 Å². The van der Waals surface area contributed by atoms with Crippen LogP contribution in [0.1, 0.15) is 19.8 Å². The largest absolute Gasteiger partial charge is 0.396 e. The Bertz CT molecular complexity index is 24.7. The third kappa shape index (κ3) is 52.2. The molecule has 1 N–H and O–H groups in total. The molecule has 0 aromatic rings. The molecule has 0 aliphatic rings. The smallest absolute Gasteiger partial charge is 0.0430 e. The van der Waals surface area contributed by atoms with Gasteiger partial charge >= 0.3 is 0 Å². The van der Waals surface area contributed by atoms with E-state index in [9.17, 15) is 0 Å². The zero-order chi connectivity index (χ0) is 4.12. The number of hydrogen-bond acceptors (Lipinski definition) is 1. The Labute approximate surface area is 102 Å². The first-order chi connectivity index (χ1) is 2.41. The molecule has 0 spiro atoms. The van der Waals surface area contributed by atoms with E-state index in [-0.39, 0.29) is 71.3 Å². The number of aliphatic hydroxyl groups is 1. The maximum absolute atomic E-state index is 8.07. The summed E-state index contributed by atoms with van der Waals surface area (Å²) in [5.41, 5.74) is 0. The Balaban J connectivity index is -0.00000000800. The van der Waals surface area contributed by atoms with E-state index < -0.39 is 0 Å². The fourth-order valence-corrected chi connectivity index (χ4v) is 0.158. The van der Waals surface area contributed by atoms with Gasteiger partial charge in [0.25, 0.3) is 0 Å². The fourth-order valence-electron chi connectivity index (χ4n) is 0.158. The molecule has 0 rings (SSSR count). The van der Waals surface area contributed by atoms with Gasteiger partial charge in [-0.2, -0.15) is 0 Å². The van der Waals surface area contributed by atoms with Gasteiger partial charge in [0.15, 0.2) is 0 Å². The maximum atomic E-state index is 8.07. The van der Waals surface area contributed by atoms with Gasteiger partial charge in [-0.05, 0) is 6.42 Å². The van der Waals surface area contributed by atoms with Gasteiger partial charge in [0.05, 0.1) is 0 Å². The van der Waals surface area contributed by atoms with Crippen molar-refractivity contribution in [3.05, 3.63) is 0 Å². The van der Waals surface area contributed by atoms with Crippen LogP contribution in [0.4, 0.5) is 0 Å². The second-order valence-electron chi connectivity index (χ2n) is 1.08. The van der Waals surface area contributed by atoms with E-state index in [0.717, 1.165) is 12.8 Å². The van der Waals surface area contributed by atoms with Crippen molar-refractivity contribution in [2.75, 3.05) is 6.61 Å². The summed E-state index contributed by atoms with van der Waals surface area (Å²) in [5.74, 6) is 0. The van der Waals surface area contributed by atoms with Crippen molar-refractivity contribution >= 4 is 49.6 Å². The van der Waals surface area contributed by atoms with Crippen LogP contribution in [-0.4, -0.2) is 11.7 Å². The van der Waals surface area contributed by atoms with Crippen molar-refractivity contribution in [1.29, 1.82) is 0 Å². The minimum absolute atomic E-state index is 0. The second-order valence-corrected chi connectivity index (χ2v) is 1.08. The molecular weight excluding hydrogens is 254 g/mol. The predicted molar refractivity (Wildman–Crippen MR) is 51.0 cm³/mol. The monoisotopic (exact) mass is 266 g/mol. The van der Waals surface area contributed by atoms with Crippen molar-refractivity contribution < 1.29 is 26.8 Å². The van der Waals surface area contributed by atoms with E-state index in [2.05, 4.69) is 6.92 Å². The van der Waals surface area contributed by atoms with Crippen molar-refractivity contribution in [3.8, 4) is 0 Å². The van der Waals surface area contributed by atoms with Crippen LogP contribution >= 0.6 is 49.6 Å². The average molecular weight is 268 g/mol. The molecule has 1 nitrogen and oxygen atoms in total. The van der Waals surface area contributed by atoms with Crippen LogP contribution in [0.3, 0.4) is 0 Å². The zero-order valence-corrected chi connectivity index (χ0v) is 10.5. The van der Waals surface area contributed by atoms with Gasteiger partial charge < -0.3 is 5.11 Å². The number of aliphatic hydroxyl groups excluding tert-OH is 1. The molecule has 68 valence electrons. The third-order valence-electron chi connectivity index (χ3n) is 0.512. The number of unbranched alkanes of at least 4 members (excludes halogenated alkanes) is 1. The first-order valence-electron chi connectivity index (χ1n) is 2.02. The Morgan fingerprint density at radius 1 is 1.00 bits per heavy atom. The molecular formula is C4H14Cl4OTi. The molecule has 0 unspecified atom stereocenters. The summed E-state index contributed by atoms with van der Waals surface area (Å²) in [4.78, 5) is 0. The van der Waals surface area contributed by atoms with E-state index in [0.29, 0.717) is 6.61 Å². The minimum atomic E-state index is 0. The van der Waals surface area contributed by atoms with Crippen LogP contribution in [-0.2, 0) is 21.7 Å². The van der Waals surface area contributed by atoms with Crippen molar-refractivity contribution in [1.82, 2.24) is 0 Å². The van der Waals surface area contributed by atoms with Gasteiger partial charge in [-0.1, -0.05) is 13.3 Å². The van der Waals surface area contributed by atoms with Gasteiger partial charge in [-0.15, -0.1) is 49.6 Å². The average Bonchev–Trinajstić information content (AvgIpc) is 1.41. The van der Waals surface area contributed by atoms with Crippen molar-refractivity contribution in [3.63, 3.8) is 0 Å². The SMILES string of the molecule is CCCCO.Cl.Cl.Cl.Cl.[Ti]. The summed E-state index contributed by atoms with van der Waals surface area (Å²) in [7, 11) is 0. The zero-order valence-electron chi connectivity index (χ0n) is 5.70. The van der Waals surface area contributed by atoms with E-state index in [4.69, 9.17) is 5.11 Å². The Hall–Kier alpha value is 1.83. The number of halogens is 4. The molecule has 6 heteroatoms. The number of hydrogen-bond donors (Lipinski definition) is 1. The molecule has 0 heterocycles. The van der Waals surface area contributed by atoms with Gasteiger partial charge in [-0.3, -0.25) is 0 Å². The topological polar surface area (TPSA) is 20.2 Å². The van der Waals surface area contributed by atoms with Crippen LogP contribution in [0.2, 0.25) is 0 Å². The molecule has 0 saturated heterocycles. The van der Waals surface area contributed by atoms with E-state index >= 15 is 0 Å². The standard InChI is InChI=1S/C4H10O.4ClH.Ti/c1-2-3-4-5;;;;;/h5H,2-4H2,1H3;4*1H;. The predicted octanol–water partition coefficient (Wildman–Crippen LogP) is 2.46. The molecule has 10 heavy (non-hydrogen) atoms. The van der Waals surface area contributed by atoms with Crippen molar-refractivity contribution in [2.24, 2.45) is 0 Å². The molecule has 0 aromatic carbocycles. The number of rotatable bonds is 2. The molecule has 0 aliphatic heterocycles. The van der Waals surface area contributed by atoms with E-state index in [1.54, 1.807) is 0 Å². The molecule has 0 radical (unpaired) electrons. The summed E-state index contributed by atoms with van der Waals surface area (Å²) < 4.78 is 0. The van der Waals surface area contributed by atoms with Crippen LogP contribution in [0, 0.1) is 0 Å². The van der Waals surface area contributed by atoms with Crippen LogP contribution < -0.4 is 0 Å². The Morgan fingerprint density at radius 2 is 1.30 bits per heavy atom. The first-order valence-corrected chi connectivity index (χ1v) is 2.02. The summed E-state index contributed by atoms with van der Waals surface area (Å²) in [6, 6.07) is 0. The summed E-state index contributed by atoms with van der Waals surface area (Å²) in [5, 5.41) is 8.07. The van der Waals surface area contributed by atoms with Gasteiger partial charge in [0.2, 0.25) is 0 Å². The molecule has 0 saturated carbocycles. The fraction of sp³-hybridized carbons (Fsp3) is 1.00. The normalized spacial score (nSPS) is 4.20. The van der Waals surface area contributed by atoms with E-state index in [1.807, 2.05) is 0 Å². The van der Waals surface area contributed by atoms with Gasteiger partial charge in [0.1, 0.15) is 0 Å². The minimum Gasteiger partial charge on any atom is -0.396 e. The third-order valence-corrected chi connectivity index (χ3v) is 0.512. The first kappa shape index (κ1) is 40.8. The van der Waals surface area contributed by atoms with Crippen LogP contribution in [0.5, 0.6) is 0 Å². The molecule has 0 fully saturated rings. The van der Waals surface area contributed by atoms with Gasteiger partial charge in [0, 0.05) is 28.3 Å². The summed E-state index contributed by atoms with van der Waals surface area (Å²) in [6.45, 7) is 2.40. The van der Waals surface area contributed by atoms with Crippen molar-refractivity contribution in [2.45, 2.75) is 19.8 Å². The van der Waals surface area contributed by atoms with Crippen LogP contribution in [0.25, 0.3) is 0 Å². The maximum Gasteiger partial charge on any atom is 0.0430 e. The molecule has 0 amide bonds.